The van der Waals surface area contributed by atoms with E-state index >= 15 is 0 Å². The second kappa shape index (κ2) is 9.87. The molecule has 3 aliphatic rings. The predicted molar refractivity (Wildman–Crippen MR) is 148 cm³/mol. The van der Waals surface area contributed by atoms with E-state index < -0.39 is 0 Å². The van der Waals surface area contributed by atoms with Crippen LogP contribution in [0.4, 0.5) is 5.69 Å². The molecule has 7 rings (SSSR count). The Hall–Kier alpha value is -3.71. The zero-order chi connectivity index (χ0) is 25.5. The Balaban J connectivity index is 1.15. The molecule has 1 saturated carbocycles. The summed E-state index contributed by atoms with van der Waals surface area (Å²) in [6.07, 6.45) is 8.86. The van der Waals surface area contributed by atoms with Gasteiger partial charge >= 0.3 is 0 Å². The fraction of sp³-hybridized carbons (Fsp3) is 0.387. The largest absolute Gasteiger partial charge is 0.377 e. The van der Waals surface area contributed by atoms with Crippen molar-refractivity contribution in [1.82, 2.24) is 20.5 Å². The van der Waals surface area contributed by atoms with Crippen molar-refractivity contribution in [3.8, 4) is 11.3 Å². The Labute approximate surface area is 222 Å². The first kappa shape index (κ1) is 23.4. The van der Waals surface area contributed by atoms with Gasteiger partial charge in [0, 0.05) is 28.4 Å². The van der Waals surface area contributed by atoms with Crippen LogP contribution in [-0.4, -0.2) is 46.4 Å². The Morgan fingerprint density at radius 1 is 0.974 bits per heavy atom. The van der Waals surface area contributed by atoms with E-state index in [1.807, 2.05) is 42.6 Å². The van der Waals surface area contributed by atoms with Crippen molar-refractivity contribution >= 4 is 22.5 Å². The number of aromatic amines is 1. The average Bonchev–Trinajstić information content (AvgIpc) is 3.70. The first-order valence-corrected chi connectivity index (χ1v) is 13.9. The van der Waals surface area contributed by atoms with Gasteiger partial charge in [-0.3, -0.25) is 14.9 Å². The molecule has 38 heavy (non-hydrogen) atoms. The van der Waals surface area contributed by atoms with E-state index in [0.717, 1.165) is 53.9 Å². The van der Waals surface area contributed by atoms with Gasteiger partial charge in [-0.15, -0.1) is 0 Å². The minimum atomic E-state index is -0.0752. The van der Waals surface area contributed by atoms with Gasteiger partial charge in [-0.1, -0.05) is 31.0 Å². The lowest BCUT2D eigenvalue weighted by Crippen LogP contribution is -2.45. The number of aromatic nitrogens is 3. The highest BCUT2D eigenvalue weighted by Gasteiger charge is 2.37. The van der Waals surface area contributed by atoms with Crippen LogP contribution < -0.4 is 10.2 Å². The number of ether oxygens (including phenoxy) is 1. The summed E-state index contributed by atoms with van der Waals surface area (Å²) in [5.41, 5.74) is 5.65. The molecule has 3 fully saturated rings. The van der Waals surface area contributed by atoms with E-state index in [9.17, 15) is 4.79 Å². The number of nitrogens with one attached hydrogen (secondary N) is 2. The molecule has 0 radical (unpaired) electrons. The number of hydrogen-bond donors (Lipinski definition) is 2. The lowest BCUT2D eigenvalue weighted by atomic mass is 9.94. The molecule has 2 aliphatic heterocycles. The Bertz CT molecular complexity index is 1410. The van der Waals surface area contributed by atoms with Gasteiger partial charge in [0.1, 0.15) is 0 Å². The maximum Gasteiger partial charge on any atom is 0.251 e. The number of fused-ring (bicyclic) bond motifs is 3. The molecular weight excluding hydrogens is 474 g/mol. The van der Waals surface area contributed by atoms with Gasteiger partial charge in [0.25, 0.3) is 5.91 Å². The van der Waals surface area contributed by atoms with Crippen LogP contribution in [0.25, 0.3) is 22.2 Å². The molecule has 2 aromatic heterocycles. The first-order valence-electron chi connectivity index (χ1n) is 13.9. The second-order valence-electron chi connectivity index (χ2n) is 11.0. The molecule has 1 amide bonds. The third kappa shape index (κ3) is 4.25. The molecule has 1 aliphatic carbocycles. The fourth-order valence-electron chi connectivity index (χ4n) is 6.73. The molecule has 2 aromatic carbocycles. The smallest absolute Gasteiger partial charge is 0.251 e. The molecule has 7 nitrogen and oxygen atoms in total. The lowest BCUT2D eigenvalue weighted by molar-refractivity contribution is 0.0906. The minimum Gasteiger partial charge on any atom is -0.377 e. The SMILES string of the molecule is O=C(N[C@@H](c1ccccn1)C1CCCC1)c1ccc2[nH]nc(-c3ccc(N4[C@@H]5CC[C@H]4COC5)cc3)c2c1. The molecule has 7 heteroatoms. The van der Waals surface area contributed by atoms with Crippen molar-refractivity contribution in [2.24, 2.45) is 5.92 Å². The number of H-pyrrole nitrogens is 1. The number of pyridine rings is 1. The topological polar surface area (TPSA) is 83.1 Å². The summed E-state index contributed by atoms with van der Waals surface area (Å²) < 4.78 is 5.76. The van der Waals surface area contributed by atoms with Gasteiger partial charge in [0.2, 0.25) is 0 Å². The Morgan fingerprint density at radius 2 is 1.76 bits per heavy atom. The minimum absolute atomic E-state index is 0.0697. The number of benzene rings is 2. The summed E-state index contributed by atoms with van der Waals surface area (Å²) in [5, 5.41) is 12.0. The van der Waals surface area contributed by atoms with Crippen LogP contribution in [0.2, 0.25) is 0 Å². The van der Waals surface area contributed by atoms with Crippen molar-refractivity contribution < 1.29 is 9.53 Å². The van der Waals surface area contributed by atoms with Crippen molar-refractivity contribution in [2.75, 3.05) is 18.1 Å². The first-order chi connectivity index (χ1) is 18.7. The molecule has 4 aromatic rings. The summed E-state index contributed by atoms with van der Waals surface area (Å²) in [5.74, 6) is 0.349. The quantitative estimate of drug-likeness (QED) is 0.352. The van der Waals surface area contributed by atoms with E-state index in [2.05, 4.69) is 49.7 Å². The maximum absolute atomic E-state index is 13.5. The van der Waals surface area contributed by atoms with Gasteiger partial charge in [-0.25, -0.2) is 0 Å². The predicted octanol–water partition coefficient (Wildman–Crippen LogP) is 5.65. The summed E-state index contributed by atoms with van der Waals surface area (Å²) in [7, 11) is 0. The van der Waals surface area contributed by atoms with Crippen molar-refractivity contribution in [3.63, 3.8) is 0 Å². The summed E-state index contributed by atoms with van der Waals surface area (Å²) >= 11 is 0. The van der Waals surface area contributed by atoms with Crippen LogP contribution in [0, 0.1) is 5.92 Å². The van der Waals surface area contributed by atoms with Gasteiger partial charge in [0.15, 0.2) is 0 Å². The lowest BCUT2D eigenvalue weighted by Gasteiger charge is -2.36. The highest BCUT2D eigenvalue weighted by molar-refractivity contribution is 6.01. The third-order valence-electron chi connectivity index (χ3n) is 8.67. The fourth-order valence-corrected chi connectivity index (χ4v) is 6.73. The van der Waals surface area contributed by atoms with Gasteiger partial charge in [0.05, 0.1) is 48.2 Å². The summed E-state index contributed by atoms with van der Waals surface area (Å²) in [6.45, 7) is 1.63. The number of amides is 1. The monoisotopic (exact) mass is 507 g/mol. The molecule has 194 valence electrons. The zero-order valence-electron chi connectivity index (χ0n) is 21.5. The highest BCUT2D eigenvalue weighted by atomic mass is 16.5. The van der Waals surface area contributed by atoms with E-state index in [-0.39, 0.29) is 11.9 Å². The van der Waals surface area contributed by atoms with Gasteiger partial charge in [-0.2, -0.15) is 5.10 Å². The van der Waals surface area contributed by atoms with Crippen LogP contribution in [0.3, 0.4) is 0 Å². The molecule has 4 heterocycles. The maximum atomic E-state index is 13.5. The normalized spacial score (nSPS) is 22.2. The van der Waals surface area contributed by atoms with Crippen molar-refractivity contribution in [3.05, 3.63) is 78.1 Å². The van der Waals surface area contributed by atoms with E-state index in [1.165, 1.54) is 31.4 Å². The highest BCUT2D eigenvalue weighted by Crippen LogP contribution is 2.37. The molecule has 2 saturated heterocycles. The van der Waals surface area contributed by atoms with Crippen LogP contribution in [0.1, 0.15) is 60.6 Å². The molecule has 0 unspecified atom stereocenters. The molecule has 3 atom stereocenters. The van der Waals surface area contributed by atoms with Crippen LogP contribution >= 0.6 is 0 Å². The summed E-state index contributed by atoms with van der Waals surface area (Å²) in [4.78, 5) is 20.6. The number of nitrogens with zero attached hydrogens (tertiary/aromatic N) is 3. The molecular formula is C31H33N5O2. The Morgan fingerprint density at radius 3 is 2.50 bits per heavy atom. The molecule has 2 N–H and O–H groups in total. The second-order valence-corrected chi connectivity index (χ2v) is 11.0. The average molecular weight is 508 g/mol. The van der Waals surface area contributed by atoms with E-state index in [1.54, 1.807) is 0 Å². The van der Waals surface area contributed by atoms with Crippen molar-refractivity contribution in [2.45, 2.75) is 56.7 Å². The van der Waals surface area contributed by atoms with Crippen LogP contribution in [0.5, 0.6) is 0 Å². The summed E-state index contributed by atoms with van der Waals surface area (Å²) in [6, 6.07) is 21.3. The van der Waals surface area contributed by atoms with Crippen LogP contribution in [-0.2, 0) is 4.74 Å². The number of anilines is 1. The number of carbonyl (C=O) groups is 1. The Kier molecular flexibility index (Phi) is 6.08. The van der Waals surface area contributed by atoms with Gasteiger partial charge < -0.3 is 15.0 Å². The van der Waals surface area contributed by atoms with Gasteiger partial charge in [-0.05, 0) is 74.1 Å². The van der Waals surface area contributed by atoms with Crippen molar-refractivity contribution in [1.29, 1.82) is 0 Å². The number of rotatable bonds is 6. The van der Waals surface area contributed by atoms with E-state index in [4.69, 9.17) is 4.74 Å². The van der Waals surface area contributed by atoms with Crippen LogP contribution in [0.15, 0.2) is 66.9 Å². The molecule has 2 bridgehead atoms. The molecule has 0 spiro atoms. The number of hydrogen-bond acceptors (Lipinski definition) is 5. The number of morpholine rings is 1. The zero-order valence-corrected chi connectivity index (χ0v) is 21.5. The third-order valence-corrected chi connectivity index (χ3v) is 8.67. The number of carbonyl (C=O) groups excluding carboxylic acids is 1. The van der Waals surface area contributed by atoms with E-state index in [0.29, 0.717) is 23.6 Å². The standard InChI is InChI=1S/C31H33N5O2/c37-31(33-30(20-5-1-2-6-20)28-7-3-4-16-32-28)22-10-15-27-26(17-22)29(35-34-27)21-8-11-23(12-9-21)36-24-13-14-25(36)19-38-18-24/h3-4,7-12,15-17,20,24-25,30H,1-2,5-6,13-14,18-19H2,(H,33,37)(H,34,35)/t24-,25+,30-/m1/s1.